The Hall–Kier alpha value is -2.94. The average Bonchev–Trinajstić information content (AvgIpc) is 3.25. The minimum Gasteiger partial charge on any atom is -0.384 e. The highest BCUT2D eigenvalue weighted by Crippen LogP contribution is 2.25. The second kappa shape index (κ2) is 7.55. The van der Waals surface area contributed by atoms with Crippen LogP contribution in [0, 0.1) is 0 Å². The van der Waals surface area contributed by atoms with E-state index in [1.165, 1.54) is 0 Å². The van der Waals surface area contributed by atoms with Gasteiger partial charge in [0.15, 0.2) is 0 Å². The summed E-state index contributed by atoms with van der Waals surface area (Å²) in [6, 6.07) is 4.01. The summed E-state index contributed by atoms with van der Waals surface area (Å²) in [4.78, 5) is 11.4. The van der Waals surface area contributed by atoms with Crippen molar-refractivity contribution in [3.05, 3.63) is 31.0 Å². The number of carbonyl (C=O) groups excluding carboxylic acids is 1. The molecule has 9 heteroatoms. The molecule has 3 rings (SSSR count). The van der Waals surface area contributed by atoms with Crippen molar-refractivity contribution in [1.82, 2.24) is 30.3 Å². The van der Waals surface area contributed by atoms with Crippen LogP contribution in [0.1, 0.15) is 12.8 Å². The molecule has 0 spiro atoms. The number of carbonyl (C=O) groups is 1. The van der Waals surface area contributed by atoms with Crippen LogP contribution in [0.4, 0.5) is 5.69 Å². The van der Waals surface area contributed by atoms with E-state index in [0.29, 0.717) is 19.5 Å². The summed E-state index contributed by atoms with van der Waals surface area (Å²) in [6.45, 7) is 1.72. The number of nitrogens with zero attached hydrogens (tertiary/aromatic N) is 4. The molecule has 0 radical (unpaired) electrons. The normalized spacial score (nSPS) is 10.9. The summed E-state index contributed by atoms with van der Waals surface area (Å²) < 4.78 is 1.83. The molecule has 1 aromatic carbocycles. The van der Waals surface area contributed by atoms with Crippen molar-refractivity contribution in [1.29, 1.82) is 0 Å². The molecule has 0 unspecified atom stereocenters. The third-order valence-electron chi connectivity index (χ3n) is 3.62. The summed E-state index contributed by atoms with van der Waals surface area (Å²) in [5, 5.41) is 22.0. The fourth-order valence-corrected chi connectivity index (χ4v) is 2.42. The smallest absolute Gasteiger partial charge is 0.221 e. The van der Waals surface area contributed by atoms with Gasteiger partial charge in [-0.3, -0.25) is 14.5 Å². The topological polar surface area (TPSA) is 127 Å². The number of benzene rings is 1. The van der Waals surface area contributed by atoms with E-state index < -0.39 is 0 Å². The maximum absolute atomic E-state index is 11.4. The molecule has 0 aliphatic rings. The number of nitrogens with one attached hydrogen (secondary N) is 3. The van der Waals surface area contributed by atoms with Gasteiger partial charge in [-0.2, -0.15) is 5.10 Å². The lowest BCUT2D eigenvalue weighted by Gasteiger charge is -2.11. The monoisotopic (exact) mass is 328 g/mol. The highest BCUT2D eigenvalue weighted by Gasteiger charge is 2.07. The number of H-pyrrole nitrogens is 1. The number of anilines is 1. The molecule has 24 heavy (non-hydrogen) atoms. The van der Waals surface area contributed by atoms with Crippen molar-refractivity contribution in [3.63, 3.8) is 0 Å². The van der Waals surface area contributed by atoms with Gasteiger partial charge in [0.25, 0.3) is 0 Å². The zero-order valence-electron chi connectivity index (χ0n) is 13.2. The Labute approximate surface area is 138 Å². The number of fused-ring (bicyclic) bond motifs is 1. The Kier molecular flexibility index (Phi) is 5.02. The first kappa shape index (κ1) is 15.9. The molecule has 0 aliphatic heterocycles. The molecule has 5 N–H and O–H groups in total. The molecule has 3 aromatic rings. The first-order chi connectivity index (χ1) is 11.8. The number of aromatic nitrogens is 5. The zero-order chi connectivity index (χ0) is 16.8. The second-order valence-corrected chi connectivity index (χ2v) is 5.36. The lowest BCUT2D eigenvalue weighted by molar-refractivity contribution is -0.120. The number of hydrogen-bond donors (Lipinski definition) is 4. The van der Waals surface area contributed by atoms with Crippen LogP contribution in [0.2, 0.25) is 0 Å². The van der Waals surface area contributed by atoms with Crippen LogP contribution >= 0.6 is 0 Å². The average molecular weight is 328 g/mol. The molecule has 126 valence electrons. The van der Waals surface area contributed by atoms with Crippen LogP contribution in [-0.4, -0.2) is 50.5 Å². The molecule has 0 saturated heterocycles. The first-order valence-corrected chi connectivity index (χ1v) is 7.80. The molecule has 0 bridgehead atoms. The van der Waals surface area contributed by atoms with E-state index in [-0.39, 0.29) is 5.91 Å². The highest BCUT2D eigenvalue weighted by molar-refractivity contribution is 5.93. The zero-order valence-corrected chi connectivity index (χ0v) is 13.2. The Morgan fingerprint density at radius 2 is 2.08 bits per heavy atom. The predicted octanol–water partition coefficient (Wildman–Crippen LogP) is 0.411. The minimum atomic E-state index is -0.00988. The van der Waals surface area contributed by atoms with Gasteiger partial charge in [0.1, 0.15) is 12.7 Å². The Bertz CT molecular complexity index is 795. The Morgan fingerprint density at radius 3 is 2.88 bits per heavy atom. The quantitative estimate of drug-likeness (QED) is 0.444. The van der Waals surface area contributed by atoms with E-state index in [2.05, 4.69) is 31.0 Å². The van der Waals surface area contributed by atoms with Crippen molar-refractivity contribution in [2.24, 2.45) is 5.73 Å². The second-order valence-electron chi connectivity index (χ2n) is 5.36. The van der Waals surface area contributed by atoms with Gasteiger partial charge < -0.3 is 16.4 Å². The first-order valence-electron chi connectivity index (χ1n) is 7.80. The molecule has 0 atom stereocenters. The van der Waals surface area contributed by atoms with Crippen molar-refractivity contribution >= 4 is 22.5 Å². The minimum absolute atomic E-state index is 0.00988. The third-order valence-corrected chi connectivity index (χ3v) is 3.62. The van der Waals surface area contributed by atoms with Gasteiger partial charge in [-0.15, -0.1) is 10.2 Å². The number of rotatable bonds is 8. The molecule has 2 heterocycles. The van der Waals surface area contributed by atoms with Crippen LogP contribution in [0.15, 0.2) is 31.0 Å². The van der Waals surface area contributed by atoms with E-state index >= 15 is 0 Å². The lowest BCUT2D eigenvalue weighted by Crippen LogP contribution is -2.27. The molecule has 0 aliphatic carbocycles. The largest absolute Gasteiger partial charge is 0.384 e. The molecule has 0 saturated carbocycles. The van der Waals surface area contributed by atoms with E-state index in [1.54, 1.807) is 18.9 Å². The third kappa shape index (κ3) is 3.69. The van der Waals surface area contributed by atoms with E-state index in [0.717, 1.165) is 35.2 Å². The van der Waals surface area contributed by atoms with Crippen molar-refractivity contribution in [3.8, 4) is 5.69 Å². The van der Waals surface area contributed by atoms with Crippen LogP contribution in [0.25, 0.3) is 16.6 Å². The maximum Gasteiger partial charge on any atom is 0.221 e. The van der Waals surface area contributed by atoms with Gasteiger partial charge in [-0.1, -0.05) is 0 Å². The van der Waals surface area contributed by atoms with Gasteiger partial charge >= 0.3 is 0 Å². The summed E-state index contributed by atoms with van der Waals surface area (Å²) in [6.07, 6.45) is 6.26. The SMILES string of the molecule is NCCC(=O)NCCCNc1cc(-n2cnnc2)cc2[nH]ncc12. The number of aromatic amines is 1. The lowest BCUT2D eigenvalue weighted by atomic mass is 10.2. The Balaban J connectivity index is 1.63. The fraction of sp³-hybridized carbons (Fsp3) is 0.333. The number of nitrogens with two attached hydrogens (primary N) is 1. The van der Waals surface area contributed by atoms with Crippen LogP contribution in [0.5, 0.6) is 0 Å². The van der Waals surface area contributed by atoms with Crippen LogP contribution < -0.4 is 16.4 Å². The highest BCUT2D eigenvalue weighted by atomic mass is 16.1. The van der Waals surface area contributed by atoms with Crippen LogP contribution in [-0.2, 0) is 4.79 Å². The van der Waals surface area contributed by atoms with Crippen LogP contribution in [0.3, 0.4) is 0 Å². The fourth-order valence-electron chi connectivity index (χ4n) is 2.42. The molecular formula is C15H20N8O. The van der Waals surface area contributed by atoms with Gasteiger partial charge in [-0.05, 0) is 18.6 Å². The van der Waals surface area contributed by atoms with Gasteiger partial charge in [0.2, 0.25) is 5.91 Å². The summed E-state index contributed by atoms with van der Waals surface area (Å²) in [5.41, 5.74) is 8.18. The van der Waals surface area contributed by atoms with Crippen molar-refractivity contribution < 1.29 is 4.79 Å². The van der Waals surface area contributed by atoms with E-state index in [1.807, 2.05) is 16.7 Å². The summed E-state index contributed by atoms with van der Waals surface area (Å²) >= 11 is 0. The number of hydrogen-bond acceptors (Lipinski definition) is 6. The van der Waals surface area contributed by atoms with Gasteiger partial charge in [0, 0.05) is 37.1 Å². The predicted molar refractivity (Wildman–Crippen MR) is 90.8 cm³/mol. The van der Waals surface area contributed by atoms with Crippen molar-refractivity contribution in [2.75, 3.05) is 25.0 Å². The molecular weight excluding hydrogens is 308 g/mol. The van der Waals surface area contributed by atoms with Gasteiger partial charge in [0.05, 0.1) is 17.4 Å². The van der Waals surface area contributed by atoms with E-state index in [4.69, 9.17) is 5.73 Å². The van der Waals surface area contributed by atoms with Gasteiger partial charge in [-0.25, -0.2) is 0 Å². The number of amides is 1. The maximum atomic E-state index is 11.4. The Morgan fingerprint density at radius 1 is 1.25 bits per heavy atom. The van der Waals surface area contributed by atoms with E-state index in [9.17, 15) is 4.79 Å². The molecule has 9 nitrogen and oxygen atoms in total. The summed E-state index contributed by atoms with van der Waals surface area (Å²) in [7, 11) is 0. The standard InChI is InChI=1S/C15H20N8O/c16-3-2-15(24)18-5-1-4-17-13-6-11(23-9-20-21-10-23)7-14-12(13)8-19-22-14/h6-10,17H,1-5,16H2,(H,18,24)(H,19,22). The molecule has 2 aromatic heterocycles. The summed E-state index contributed by atoms with van der Waals surface area (Å²) in [5.74, 6) is -0.00988. The molecule has 0 fully saturated rings. The molecule has 1 amide bonds. The van der Waals surface area contributed by atoms with Crippen molar-refractivity contribution in [2.45, 2.75) is 12.8 Å².